The zero-order valence-corrected chi connectivity index (χ0v) is 8.39. The van der Waals surface area contributed by atoms with Crippen LogP contribution in [-0.2, 0) is 0 Å². The largest absolute Gasteiger partial charge is 0.474 e. The Morgan fingerprint density at radius 1 is 1.46 bits per heavy atom. The summed E-state index contributed by atoms with van der Waals surface area (Å²) >= 11 is 6.88. The van der Waals surface area contributed by atoms with Gasteiger partial charge in [0.1, 0.15) is 11.2 Å². The lowest BCUT2D eigenvalue weighted by atomic mass is 10.3. The molecule has 0 aliphatic rings. The van der Waals surface area contributed by atoms with E-state index in [0.29, 0.717) is 5.75 Å². The van der Waals surface area contributed by atoms with Gasteiger partial charge in [-0.2, -0.15) is 5.26 Å². The maximum Gasteiger partial charge on any atom is 0.182 e. The summed E-state index contributed by atoms with van der Waals surface area (Å²) in [7, 11) is 0. The van der Waals surface area contributed by atoms with Crippen molar-refractivity contribution in [3.8, 4) is 11.2 Å². The van der Waals surface area contributed by atoms with E-state index >= 15 is 0 Å². The molecule has 0 aliphatic heterocycles. The molecule has 0 fully saturated rings. The molecule has 13 heavy (non-hydrogen) atoms. The Hall–Kier alpha value is -0.850. The van der Waals surface area contributed by atoms with E-state index in [0.717, 1.165) is 17.5 Å². The highest BCUT2D eigenvalue weighted by Gasteiger charge is 2.05. The van der Waals surface area contributed by atoms with Crippen LogP contribution >= 0.6 is 23.4 Å². The van der Waals surface area contributed by atoms with Crippen molar-refractivity contribution in [1.82, 2.24) is 0 Å². The molecule has 4 heteroatoms. The van der Waals surface area contributed by atoms with Crippen LogP contribution in [0.4, 0.5) is 0 Å². The third kappa shape index (κ3) is 4.07. The van der Waals surface area contributed by atoms with Crippen LogP contribution in [0.1, 0.15) is 0 Å². The summed E-state index contributed by atoms with van der Waals surface area (Å²) in [6, 6.07) is 9.30. The lowest BCUT2D eigenvalue weighted by molar-refractivity contribution is 0.305. The highest BCUT2D eigenvalue weighted by molar-refractivity contribution is 8.03. The van der Waals surface area contributed by atoms with Gasteiger partial charge < -0.3 is 4.74 Å². The summed E-state index contributed by atoms with van der Waals surface area (Å²) < 4.78 is 5.31. The predicted molar refractivity (Wildman–Crippen MR) is 54.8 cm³/mol. The number of alkyl halides is 1. The van der Waals surface area contributed by atoms with Crippen molar-refractivity contribution in [2.75, 3.05) is 5.75 Å². The van der Waals surface area contributed by atoms with E-state index in [9.17, 15) is 0 Å². The SMILES string of the molecule is N#CSCC(Cl)Oc1ccccc1. The number of thioether (sulfide) groups is 1. The molecule has 0 aromatic heterocycles. The van der Waals surface area contributed by atoms with Gasteiger partial charge in [0.25, 0.3) is 0 Å². The quantitative estimate of drug-likeness (QED) is 0.570. The van der Waals surface area contributed by atoms with Crippen LogP contribution < -0.4 is 4.74 Å². The molecule has 1 unspecified atom stereocenters. The van der Waals surface area contributed by atoms with Crippen molar-refractivity contribution in [3.05, 3.63) is 30.3 Å². The molecule has 0 spiro atoms. The predicted octanol–water partition coefficient (Wildman–Crippen LogP) is 2.84. The van der Waals surface area contributed by atoms with E-state index in [1.807, 2.05) is 35.7 Å². The average molecular weight is 214 g/mol. The summed E-state index contributed by atoms with van der Waals surface area (Å²) in [5.41, 5.74) is -0.452. The van der Waals surface area contributed by atoms with Gasteiger partial charge in [-0.3, -0.25) is 0 Å². The van der Waals surface area contributed by atoms with Gasteiger partial charge >= 0.3 is 0 Å². The normalized spacial score (nSPS) is 11.7. The van der Waals surface area contributed by atoms with Gasteiger partial charge in [-0.1, -0.05) is 29.8 Å². The number of hydrogen-bond donors (Lipinski definition) is 0. The zero-order valence-electron chi connectivity index (χ0n) is 6.81. The van der Waals surface area contributed by atoms with Crippen molar-refractivity contribution in [3.63, 3.8) is 0 Å². The standard InChI is InChI=1S/C9H8ClNOS/c10-9(6-13-7-11)12-8-4-2-1-3-5-8/h1-5,9H,6H2. The fraction of sp³-hybridized carbons (Fsp3) is 0.222. The number of nitrogens with zero attached hydrogens (tertiary/aromatic N) is 1. The fourth-order valence-electron chi connectivity index (χ4n) is 0.784. The Kier molecular flexibility index (Phi) is 4.52. The van der Waals surface area contributed by atoms with Crippen LogP contribution in [-0.4, -0.2) is 11.3 Å². The van der Waals surface area contributed by atoms with Gasteiger partial charge in [0.2, 0.25) is 0 Å². The van der Waals surface area contributed by atoms with E-state index < -0.39 is 5.56 Å². The minimum atomic E-state index is -0.452. The van der Waals surface area contributed by atoms with E-state index in [-0.39, 0.29) is 0 Å². The van der Waals surface area contributed by atoms with Crippen LogP contribution in [0, 0.1) is 10.7 Å². The Bertz CT molecular complexity index is 285. The Morgan fingerprint density at radius 3 is 2.77 bits per heavy atom. The van der Waals surface area contributed by atoms with Gasteiger partial charge in [-0.05, 0) is 23.9 Å². The van der Waals surface area contributed by atoms with E-state index in [1.165, 1.54) is 0 Å². The molecule has 2 nitrogen and oxygen atoms in total. The number of hydrogen-bond acceptors (Lipinski definition) is 3. The van der Waals surface area contributed by atoms with Gasteiger partial charge in [-0.25, -0.2) is 0 Å². The average Bonchev–Trinajstić information content (AvgIpc) is 2.16. The van der Waals surface area contributed by atoms with Crippen LogP contribution in [0.15, 0.2) is 30.3 Å². The van der Waals surface area contributed by atoms with Crippen LogP contribution in [0.2, 0.25) is 0 Å². The second-order valence-corrected chi connectivity index (χ2v) is 3.53. The molecule has 68 valence electrons. The number of halogens is 1. The first-order valence-corrected chi connectivity index (χ1v) is 5.12. The maximum absolute atomic E-state index is 8.28. The molecule has 1 aromatic carbocycles. The van der Waals surface area contributed by atoms with Crippen molar-refractivity contribution in [2.45, 2.75) is 5.56 Å². The molecule has 1 atom stereocenters. The molecule has 0 amide bonds. The van der Waals surface area contributed by atoms with Crippen molar-refractivity contribution < 1.29 is 4.74 Å². The third-order valence-corrected chi connectivity index (χ3v) is 2.31. The number of rotatable bonds is 4. The first kappa shape index (κ1) is 10.2. The lowest BCUT2D eigenvalue weighted by Gasteiger charge is -2.09. The van der Waals surface area contributed by atoms with E-state index in [4.69, 9.17) is 21.6 Å². The number of nitriles is 1. The van der Waals surface area contributed by atoms with Crippen molar-refractivity contribution >= 4 is 23.4 Å². The molecule has 0 saturated heterocycles. The highest BCUT2D eigenvalue weighted by Crippen LogP contribution is 2.15. The first-order chi connectivity index (χ1) is 6.33. The molecular weight excluding hydrogens is 206 g/mol. The molecule has 0 N–H and O–H groups in total. The Labute approximate surface area is 86.5 Å². The van der Waals surface area contributed by atoms with E-state index in [2.05, 4.69) is 0 Å². The number of benzene rings is 1. The summed E-state index contributed by atoms with van der Waals surface area (Å²) in [5.74, 6) is 1.19. The summed E-state index contributed by atoms with van der Waals surface area (Å²) in [6.07, 6.45) is 0. The van der Waals surface area contributed by atoms with Gasteiger partial charge in [0.15, 0.2) is 5.56 Å². The molecule has 1 aromatic rings. The second-order valence-electron chi connectivity index (χ2n) is 2.24. The number of thiocyanates is 1. The molecule has 0 radical (unpaired) electrons. The molecule has 0 saturated carbocycles. The van der Waals surface area contributed by atoms with Crippen molar-refractivity contribution in [1.29, 1.82) is 5.26 Å². The van der Waals surface area contributed by atoms with Crippen LogP contribution in [0.3, 0.4) is 0 Å². The summed E-state index contributed by atoms with van der Waals surface area (Å²) in [6.45, 7) is 0. The van der Waals surface area contributed by atoms with Gasteiger partial charge in [0.05, 0.1) is 5.75 Å². The highest BCUT2D eigenvalue weighted by atomic mass is 35.5. The second kappa shape index (κ2) is 5.74. The molecule has 0 bridgehead atoms. The molecule has 0 heterocycles. The third-order valence-electron chi connectivity index (χ3n) is 1.29. The lowest BCUT2D eigenvalue weighted by Crippen LogP contribution is -2.10. The monoisotopic (exact) mass is 213 g/mol. The van der Waals surface area contributed by atoms with Crippen molar-refractivity contribution in [2.24, 2.45) is 0 Å². The van der Waals surface area contributed by atoms with E-state index in [1.54, 1.807) is 0 Å². The summed E-state index contributed by atoms with van der Waals surface area (Å²) in [4.78, 5) is 0. The van der Waals surface area contributed by atoms with Gasteiger partial charge in [-0.15, -0.1) is 0 Å². The fourth-order valence-corrected chi connectivity index (χ4v) is 1.35. The minimum Gasteiger partial charge on any atom is -0.474 e. The van der Waals surface area contributed by atoms with Crippen LogP contribution in [0.25, 0.3) is 0 Å². The minimum absolute atomic E-state index is 0.452. The smallest absolute Gasteiger partial charge is 0.182 e. The molecule has 0 aliphatic carbocycles. The Balaban J connectivity index is 2.37. The topological polar surface area (TPSA) is 33.0 Å². The maximum atomic E-state index is 8.28. The van der Waals surface area contributed by atoms with Crippen LogP contribution in [0.5, 0.6) is 5.75 Å². The zero-order chi connectivity index (χ0) is 9.52. The summed E-state index contributed by atoms with van der Waals surface area (Å²) in [5, 5.41) is 10.2. The molecule has 1 rings (SSSR count). The molecular formula is C9H8ClNOS. The Morgan fingerprint density at radius 2 is 2.15 bits per heavy atom. The van der Waals surface area contributed by atoms with Gasteiger partial charge in [0, 0.05) is 0 Å². The number of para-hydroxylation sites is 1. The first-order valence-electron chi connectivity index (χ1n) is 3.69. The number of ether oxygens (including phenoxy) is 1.